The minimum atomic E-state index is 0.795. The Bertz CT molecular complexity index is 659. The van der Waals surface area contributed by atoms with E-state index in [1.807, 2.05) is 0 Å². The summed E-state index contributed by atoms with van der Waals surface area (Å²) in [5.74, 6) is 2.12. The first-order valence-electron chi connectivity index (χ1n) is 12.0. The molecule has 2 saturated heterocycles. The summed E-state index contributed by atoms with van der Waals surface area (Å²) in [4.78, 5) is 5.90. The third kappa shape index (κ3) is 2.94. The molecule has 4 bridgehead atoms. The minimum Gasteiger partial charge on any atom is -0.368 e. The summed E-state index contributed by atoms with van der Waals surface area (Å²) in [6.07, 6.45) is 17.7. The Labute approximate surface area is 165 Å². The Morgan fingerprint density at radius 1 is 0.667 bits per heavy atom. The molecule has 4 atom stereocenters. The number of hydrogen-bond acceptors (Lipinski definition) is 2. The Morgan fingerprint density at radius 2 is 1.37 bits per heavy atom. The van der Waals surface area contributed by atoms with Gasteiger partial charge in [-0.3, -0.25) is 4.90 Å². The van der Waals surface area contributed by atoms with Crippen LogP contribution in [-0.4, -0.2) is 35.6 Å². The first-order chi connectivity index (χ1) is 13.3. The van der Waals surface area contributed by atoms with Crippen molar-refractivity contribution >= 4 is 5.69 Å². The van der Waals surface area contributed by atoms with Crippen molar-refractivity contribution in [3.63, 3.8) is 0 Å². The van der Waals surface area contributed by atoms with Gasteiger partial charge >= 0.3 is 0 Å². The second-order valence-corrected chi connectivity index (χ2v) is 10.4. The molecule has 0 radical (unpaired) electrons. The molecular formula is C25H36N2. The van der Waals surface area contributed by atoms with Crippen molar-refractivity contribution in [3.8, 4) is 0 Å². The number of fused-ring (bicyclic) bond motifs is 5. The monoisotopic (exact) mass is 364 g/mol. The molecule has 2 aliphatic carbocycles. The number of anilines is 1. The van der Waals surface area contributed by atoms with Crippen LogP contribution in [-0.2, 0) is 6.42 Å². The van der Waals surface area contributed by atoms with Crippen molar-refractivity contribution in [3.05, 3.63) is 29.8 Å². The van der Waals surface area contributed by atoms with Gasteiger partial charge in [-0.1, -0.05) is 43.9 Å². The third-order valence-corrected chi connectivity index (χ3v) is 8.89. The zero-order chi connectivity index (χ0) is 17.8. The zero-order valence-corrected chi connectivity index (χ0v) is 16.9. The lowest BCUT2D eigenvalue weighted by Crippen LogP contribution is -2.61. The summed E-state index contributed by atoms with van der Waals surface area (Å²) in [5, 5.41) is 0. The average molecular weight is 365 g/mol. The van der Waals surface area contributed by atoms with Gasteiger partial charge in [0.05, 0.1) is 0 Å². The summed E-state index contributed by atoms with van der Waals surface area (Å²) in [6.45, 7) is 1.26. The van der Waals surface area contributed by atoms with E-state index in [0.717, 1.165) is 36.0 Å². The maximum absolute atomic E-state index is 3.10. The first kappa shape index (κ1) is 16.9. The van der Waals surface area contributed by atoms with Crippen molar-refractivity contribution in [1.29, 1.82) is 0 Å². The maximum atomic E-state index is 3.10. The summed E-state index contributed by atoms with van der Waals surface area (Å²) in [6, 6.07) is 12.7. The fourth-order valence-corrected chi connectivity index (χ4v) is 7.92. The highest BCUT2D eigenvalue weighted by molar-refractivity contribution is 5.58. The van der Waals surface area contributed by atoms with E-state index in [9.17, 15) is 0 Å². The van der Waals surface area contributed by atoms with Crippen LogP contribution in [0.4, 0.5) is 5.69 Å². The summed E-state index contributed by atoms with van der Waals surface area (Å²) >= 11 is 0. The van der Waals surface area contributed by atoms with Gasteiger partial charge in [0, 0.05) is 36.4 Å². The van der Waals surface area contributed by atoms with E-state index < -0.39 is 0 Å². The van der Waals surface area contributed by atoms with Crippen LogP contribution in [0.3, 0.4) is 0 Å². The largest absolute Gasteiger partial charge is 0.368 e. The van der Waals surface area contributed by atoms with E-state index in [0.29, 0.717) is 0 Å². The molecule has 146 valence electrons. The molecule has 6 rings (SSSR count). The normalized spacial score (nSPS) is 41.4. The van der Waals surface area contributed by atoms with Gasteiger partial charge in [0.2, 0.25) is 0 Å². The van der Waals surface area contributed by atoms with Crippen LogP contribution in [0.2, 0.25) is 0 Å². The summed E-state index contributed by atoms with van der Waals surface area (Å²) in [5.41, 5.74) is 3.14. The predicted octanol–water partition coefficient (Wildman–Crippen LogP) is 5.40. The average Bonchev–Trinajstić information content (AvgIpc) is 3.11. The number of nitrogens with zero attached hydrogens (tertiary/aromatic N) is 2. The second-order valence-electron chi connectivity index (χ2n) is 10.4. The van der Waals surface area contributed by atoms with Crippen molar-refractivity contribution in [2.24, 2.45) is 11.8 Å². The molecule has 0 N–H and O–H groups in total. The summed E-state index contributed by atoms with van der Waals surface area (Å²) < 4.78 is 0. The first-order valence-corrected chi connectivity index (χ1v) is 12.0. The van der Waals surface area contributed by atoms with Gasteiger partial charge in [-0.25, -0.2) is 0 Å². The van der Waals surface area contributed by atoms with Gasteiger partial charge in [-0.05, 0) is 74.8 Å². The van der Waals surface area contributed by atoms with E-state index in [-0.39, 0.29) is 0 Å². The number of rotatable bonds is 2. The molecule has 27 heavy (non-hydrogen) atoms. The van der Waals surface area contributed by atoms with Gasteiger partial charge in [0.15, 0.2) is 0 Å². The van der Waals surface area contributed by atoms with Crippen LogP contribution in [0.15, 0.2) is 24.3 Å². The lowest BCUT2D eigenvalue weighted by atomic mass is 9.68. The van der Waals surface area contributed by atoms with Crippen LogP contribution in [0, 0.1) is 11.8 Å². The van der Waals surface area contributed by atoms with Crippen LogP contribution in [0.5, 0.6) is 0 Å². The van der Waals surface area contributed by atoms with Gasteiger partial charge in [0.25, 0.3) is 0 Å². The minimum absolute atomic E-state index is 0.795. The van der Waals surface area contributed by atoms with Crippen LogP contribution < -0.4 is 4.90 Å². The number of para-hydroxylation sites is 1. The van der Waals surface area contributed by atoms with Crippen molar-refractivity contribution in [2.75, 3.05) is 11.4 Å². The SMILES string of the molecule is c1ccc2c(c1)CCN2C1CC2CCCC(C1)N2C1CC2CCCC(C2)C1. The van der Waals surface area contributed by atoms with Crippen LogP contribution >= 0.6 is 0 Å². The Hall–Kier alpha value is -1.02. The topological polar surface area (TPSA) is 6.48 Å². The molecule has 2 nitrogen and oxygen atoms in total. The number of benzene rings is 1. The van der Waals surface area contributed by atoms with E-state index in [2.05, 4.69) is 34.1 Å². The fraction of sp³-hybridized carbons (Fsp3) is 0.760. The standard InChI is InChI=1S/C25H36N2/c1-2-10-25-20(7-1)11-12-26(25)23-16-21-8-4-9-22(17-23)27(21)24-14-18-5-3-6-19(13-18)15-24/h1-2,7,10,18-19,21-24H,3-6,8-9,11-17H2. The smallest absolute Gasteiger partial charge is 0.0402 e. The maximum Gasteiger partial charge on any atom is 0.0402 e. The molecule has 1 aromatic rings. The highest BCUT2D eigenvalue weighted by atomic mass is 15.3. The van der Waals surface area contributed by atoms with Crippen LogP contribution in [0.1, 0.15) is 76.2 Å². The van der Waals surface area contributed by atoms with Crippen molar-refractivity contribution in [1.82, 2.24) is 4.90 Å². The lowest BCUT2D eigenvalue weighted by Gasteiger charge is -2.56. The fourth-order valence-electron chi connectivity index (χ4n) is 7.92. The third-order valence-electron chi connectivity index (χ3n) is 8.89. The van der Waals surface area contributed by atoms with Gasteiger partial charge in [0.1, 0.15) is 0 Å². The van der Waals surface area contributed by atoms with E-state index in [1.54, 1.807) is 17.7 Å². The second kappa shape index (κ2) is 6.79. The molecule has 1 aromatic carbocycles. The van der Waals surface area contributed by atoms with Crippen molar-refractivity contribution in [2.45, 2.75) is 101 Å². The van der Waals surface area contributed by atoms with E-state index >= 15 is 0 Å². The Balaban J connectivity index is 1.21. The van der Waals surface area contributed by atoms with Crippen molar-refractivity contribution < 1.29 is 0 Å². The summed E-state index contributed by atoms with van der Waals surface area (Å²) in [7, 11) is 0. The van der Waals surface area contributed by atoms with Crippen LogP contribution in [0.25, 0.3) is 0 Å². The molecule has 3 heterocycles. The molecule has 5 aliphatic rings. The van der Waals surface area contributed by atoms with Gasteiger partial charge < -0.3 is 4.90 Å². The molecule has 0 spiro atoms. The molecule has 2 heteroatoms. The predicted molar refractivity (Wildman–Crippen MR) is 112 cm³/mol. The molecule has 0 aromatic heterocycles. The molecular weight excluding hydrogens is 328 g/mol. The van der Waals surface area contributed by atoms with Gasteiger partial charge in [-0.15, -0.1) is 0 Å². The number of hydrogen-bond donors (Lipinski definition) is 0. The quantitative estimate of drug-likeness (QED) is 0.693. The van der Waals surface area contributed by atoms with Gasteiger partial charge in [-0.2, -0.15) is 0 Å². The molecule has 3 aliphatic heterocycles. The lowest BCUT2D eigenvalue weighted by molar-refractivity contribution is -0.0408. The Morgan fingerprint density at radius 3 is 2.15 bits per heavy atom. The molecule has 0 amide bonds. The highest BCUT2D eigenvalue weighted by Gasteiger charge is 2.46. The molecule has 2 saturated carbocycles. The molecule has 4 unspecified atom stereocenters. The van der Waals surface area contributed by atoms with E-state index in [1.165, 1.54) is 77.2 Å². The molecule has 4 fully saturated rings. The van der Waals surface area contributed by atoms with E-state index in [4.69, 9.17) is 0 Å². The zero-order valence-electron chi connectivity index (χ0n) is 16.9. The Kier molecular flexibility index (Phi) is 4.25. The number of piperidine rings is 2. The highest BCUT2D eigenvalue weighted by Crippen LogP contribution is 2.47.